The summed E-state index contributed by atoms with van der Waals surface area (Å²) in [5.74, 6) is 0. The summed E-state index contributed by atoms with van der Waals surface area (Å²) >= 11 is 3.70. The van der Waals surface area contributed by atoms with E-state index in [1.165, 1.54) is 21.9 Å². The number of benzene rings is 1. The van der Waals surface area contributed by atoms with E-state index in [1.807, 2.05) is 73.1 Å². The summed E-state index contributed by atoms with van der Waals surface area (Å²) in [6, 6.07) is 27.4. The van der Waals surface area contributed by atoms with Gasteiger partial charge in [0.1, 0.15) is 0 Å². The molecular formula is C30H25N5RuS. The van der Waals surface area contributed by atoms with Crippen LogP contribution in [-0.2, 0) is 19.5 Å². The molecule has 5 nitrogen and oxygen atoms in total. The first-order chi connectivity index (χ1) is 17.5. The molecule has 0 atom stereocenters. The summed E-state index contributed by atoms with van der Waals surface area (Å²) in [5.41, 5.74) is 9.34. The third-order valence-electron chi connectivity index (χ3n) is 4.99. The van der Waals surface area contributed by atoms with Gasteiger partial charge >= 0.3 is 19.5 Å². The van der Waals surface area contributed by atoms with Crippen LogP contribution in [0.3, 0.4) is 0 Å². The van der Waals surface area contributed by atoms with Gasteiger partial charge in [0.25, 0.3) is 0 Å². The summed E-state index contributed by atoms with van der Waals surface area (Å²) in [4.78, 5) is 17.3. The molecule has 4 aromatic heterocycles. The summed E-state index contributed by atoms with van der Waals surface area (Å²) < 4.78 is 0. The van der Waals surface area contributed by atoms with Crippen LogP contribution in [0.1, 0.15) is 16.7 Å². The fraction of sp³-hybridized carbons (Fsp3) is 0.100. The van der Waals surface area contributed by atoms with Crippen LogP contribution >= 0.6 is 12.2 Å². The number of aromatic nitrogens is 4. The van der Waals surface area contributed by atoms with Crippen molar-refractivity contribution in [2.45, 2.75) is 20.8 Å². The predicted octanol–water partition coefficient (Wildman–Crippen LogP) is 7.34. The van der Waals surface area contributed by atoms with Crippen molar-refractivity contribution in [1.82, 2.24) is 19.9 Å². The van der Waals surface area contributed by atoms with Crippen LogP contribution in [0, 0.1) is 26.8 Å². The third-order valence-corrected chi connectivity index (χ3v) is 4.99. The Balaban J connectivity index is 0.000000238. The molecule has 0 unspecified atom stereocenters. The van der Waals surface area contributed by atoms with Crippen molar-refractivity contribution in [1.29, 1.82) is 0 Å². The molecule has 37 heavy (non-hydrogen) atoms. The summed E-state index contributed by atoms with van der Waals surface area (Å²) in [6.07, 6.45) is 7.22. The molecule has 0 aliphatic carbocycles. The van der Waals surface area contributed by atoms with Crippen molar-refractivity contribution in [2.24, 2.45) is 0 Å². The molecule has 0 aliphatic heterocycles. The van der Waals surface area contributed by atoms with Crippen molar-refractivity contribution in [3.8, 4) is 33.9 Å². The van der Waals surface area contributed by atoms with Crippen LogP contribution in [0.15, 0.2) is 97.6 Å². The predicted molar refractivity (Wildman–Crippen MR) is 149 cm³/mol. The molecule has 0 saturated heterocycles. The van der Waals surface area contributed by atoms with E-state index in [-0.39, 0.29) is 19.5 Å². The van der Waals surface area contributed by atoms with Crippen molar-refractivity contribution < 1.29 is 19.5 Å². The van der Waals surface area contributed by atoms with Crippen molar-refractivity contribution in [3.63, 3.8) is 0 Å². The second-order valence-corrected chi connectivity index (χ2v) is 8.13. The topological polar surface area (TPSA) is 73.9 Å². The second-order valence-electron chi connectivity index (χ2n) is 7.94. The Morgan fingerprint density at radius 1 is 0.595 bits per heavy atom. The number of thiocarbonyl (C=S) groups is 1. The maximum atomic E-state index is 7.13. The Labute approximate surface area is 236 Å². The molecule has 5 aromatic rings. The molecule has 0 amide bonds. The van der Waals surface area contributed by atoms with Crippen molar-refractivity contribution in [2.75, 3.05) is 0 Å². The van der Waals surface area contributed by atoms with Gasteiger partial charge < -0.3 is 5.41 Å². The number of aryl methyl sites for hydroxylation is 3. The maximum Gasteiger partial charge on any atom is 2.00 e. The van der Waals surface area contributed by atoms with Crippen LogP contribution in [0.4, 0.5) is 0 Å². The number of hydrogen-bond acceptors (Lipinski definition) is 5. The van der Waals surface area contributed by atoms with E-state index >= 15 is 0 Å². The van der Waals surface area contributed by atoms with E-state index in [9.17, 15) is 0 Å². The minimum Gasteiger partial charge on any atom is -0.753 e. The van der Waals surface area contributed by atoms with Gasteiger partial charge in [-0.2, -0.15) is 5.16 Å². The Morgan fingerprint density at radius 3 is 1.35 bits per heavy atom. The van der Waals surface area contributed by atoms with E-state index in [0.29, 0.717) is 0 Å². The first-order valence-corrected chi connectivity index (χ1v) is 11.6. The normalized spacial score (nSPS) is 9.38. The number of pyridine rings is 4. The largest absolute Gasteiger partial charge is 2.00 e. The molecular weight excluding hydrogens is 564 g/mol. The quantitative estimate of drug-likeness (QED) is 0.0955. The Hall–Kier alpha value is -3.76. The molecule has 5 rings (SSSR count). The van der Waals surface area contributed by atoms with Crippen molar-refractivity contribution >= 4 is 17.4 Å². The summed E-state index contributed by atoms with van der Waals surface area (Å²) in [5, 5.41) is 8.47. The van der Waals surface area contributed by atoms with E-state index in [4.69, 9.17) is 5.41 Å². The van der Waals surface area contributed by atoms with Crippen LogP contribution in [0.5, 0.6) is 0 Å². The number of isothiocyanates is 1. The van der Waals surface area contributed by atoms with Gasteiger partial charge in [-0.25, -0.2) is 0 Å². The average Bonchev–Trinajstić information content (AvgIpc) is 2.90. The fourth-order valence-corrected chi connectivity index (χ4v) is 3.39. The first-order valence-electron chi connectivity index (χ1n) is 11.2. The number of rotatable bonds is 3. The number of nitrogens with zero attached hydrogens (tertiary/aromatic N) is 5. The van der Waals surface area contributed by atoms with E-state index < -0.39 is 0 Å². The van der Waals surface area contributed by atoms with Gasteiger partial charge in [0.05, 0.1) is 11.4 Å². The maximum absolute atomic E-state index is 7.13. The second kappa shape index (κ2) is 15.4. The number of hydrogen-bond donors (Lipinski definition) is 0. The van der Waals surface area contributed by atoms with E-state index in [0.717, 1.165) is 33.9 Å². The Bertz CT molecular complexity index is 1340. The molecule has 0 saturated carbocycles. The SMILES string of the molecule is Cc1cc(-c2ccccn2)[c-]c(-c2ccccn2)c1.Cc1ccnc(-c2cc(C)ccn2)c1.[N-]=C=S.[Ru+2]. The minimum absolute atomic E-state index is 0. The van der Waals surface area contributed by atoms with Crippen LogP contribution in [0.25, 0.3) is 39.3 Å². The Morgan fingerprint density at radius 2 is 1.00 bits per heavy atom. The van der Waals surface area contributed by atoms with Crippen LogP contribution < -0.4 is 0 Å². The summed E-state index contributed by atoms with van der Waals surface area (Å²) in [7, 11) is 0. The molecule has 0 fully saturated rings. The molecule has 1 aromatic carbocycles. The van der Waals surface area contributed by atoms with Gasteiger partial charge in [-0.05, 0) is 61.4 Å². The standard InChI is InChI=1S/C17H13N2.C12H12N2.CNS.Ru/c1-13-10-14(16-6-2-4-8-18-16)12-15(11-13)17-7-3-5-9-19-17;1-9-3-5-13-11(7-9)12-8-10(2)4-6-14-12;2-1-3;/h2-11H,1H3;3-8H,1-2H3;;/q-1;;-1;+2. The average molecular weight is 589 g/mol. The van der Waals surface area contributed by atoms with Gasteiger partial charge in [-0.1, -0.05) is 54.5 Å². The first kappa shape index (κ1) is 29.5. The monoisotopic (exact) mass is 589 g/mol. The zero-order valence-corrected chi connectivity index (χ0v) is 23.3. The minimum atomic E-state index is 0. The molecule has 0 radical (unpaired) electrons. The summed E-state index contributed by atoms with van der Waals surface area (Å²) in [6.45, 7) is 6.19. The molecule has 7 heteroatoms. The zero-order valence-electron chi connectivity index (χ0n) is 20.7. The van der Waals surface area contributed by atoms with Gasteiger partial charge in [0.15, 0.2) is 0 Å². The fourth-order valence-electron chi connectivity index (χ4n) is 3.39. The van der Waals surface area contributed by atoms with Gasteiger partial charge in [0, 0.05) is 36.2 Å². The van der Waals surface area contributed by atoms with E-state index in [2.05, 4.69) is 71.1 Å². The van der Waals surface area contributed by atoms with Gasteiger partial charge in [0.2, 0.25) is 0 Å². The molecule has 0 N–H and O–H groups in total. The van der Waals surface area contributed by atoms with E-state index in [1.54, 1.807) is 12.4 Å². The van der Waals surface area contributed by atoms with Gasteiger partial charge in [-0.3, -0.25) is 19.9 Å². The molecule has 184 valence electrons. The van der Waals surface area contributed by atoms with Crippen LogP contribution in [0.2, 0.25) is 0 Å². The molecule has 0 aliphatic rings. The smallest absolute Gasteiger partial charge is 0.753 e. The molecule has 0 bridgehead atoms. The third kappa shape index (κ3) is 9.32. The Kier molecular flexibility index (Phi) is 12.2. The van der Waals surface area contributed by atoms with Gasteiger partial charge in [-0.15, -0.1) is 23.8 Å². The zero-order chi connectivity index (χ0) is 25.8. The van der Waals surface area contributed by atoms with Crippen LogP contribution in [-0.4, -0.2) is 25.1 Å². The molecule has 4 heterocycles. The molecule has 0 spiro atoms. The van der Waals surface area contributed by atoms with Crippen molar-refractivity contribution in [3.05, 3.63) is 126 Å².